The van der Waals surface area contributed by atoms with Gasteiger partial charge in [-0.15, -0.1) is 11.3 Å². The number of nitrogens with one attached hydrogen (secondary N) is 1. The SMILES string of the molecule is O=C(COc1ncnc2sc3c(c12)CCCC3)Nc1cccc(S(=O)(=O)N2CCOCC2)c1. The fraction of sp³-hybridized carbons (Fsp3) is 0.409. The van der Waals surface area contributed by atoms with Crippen LogP contribution in [0.15, 0.2) is 35.5 Å². The number of fused-ring (bicyclic) bond motifs is 3. The highest BCUT2D eigenvalue weighted by atomic mass is 32.2. The van der Waals surface area contributed by atoms with Crippen molar-refractivity contribution in [2.75, 3.05) is 38.2 Å². The number of thiophene rings is 1. The van der Waals surface area contributed by atoms with Gasteiger partial charge in [-0.05, 0) is 49.4 Å². The average molecular weight is 489 g/mol. The van der Waals surface area contributed by atoms with Gasteiger partial charge in [-0.25, -0.2) is 18.4 Å². The van der Waals surface area contributed by atoms with Crippen molar-refractivity contribution in [1.82, 2.24) is 14.3 Å². The molecule has 5 rings (SSSR count). The first-order valence-electron chi connectivity index (χ1n) is 10.9. The van der Waals surface area contributed by atoms with E-state index < -0.39 is 15.9 Å². The van der Waals surface area contributed by atoms with Gasteiger partial charge in [0.2, 0.25) is 15.9 Å². The first kappa shape index (κ1) is 22.2. The number of aromatic nitrogens is 2. The van der Waals surface area contributed by atoms with Gasteiger partial charge in [0.05, 0.1) is 23.5 Å². The van der Waals surface area contributed by atoms with Crippen LogP contribution in [-0.2, 0) is 32.4 Å². The summed E-state index contributed by atoms with van der Waals surface area (Å²) in [5, 5.41) is 3.63. The Morgan fingerprint density at radius 2 is 2.00 bits per heavy atom. The Morgan fingerprint density at radius 3 is 2.85 bits per heavy atom. The van der Waals surface area contributed by atoms with Gasteiger partial charge in [0, 0.05) is 23.7 Å². The van der Waals surface area contributed by atoms with E-state index in [1.54, 1.807) is 23.5 Å². The number of anilines is 1. The molecule has 1 fully saturated rings. The molecular weight excluding hydrogens is 464 g/mol. The standard InChI is InChI=1S/C22H24N4O5S2/c27-19(13-31-21-20-17-6-1-2-7-18(17)32-22(20)24-14-23-21)25-15-4-3-5-16(12-15)33(28,29)26-8-10-30-11-9-26/h3-5,12,14H,1-2,6-11,13H2,(H,25,27). The number of hydrogen-bond donors (Lipinski definition) is 1. The zero-order valence-corrected chi connectivity index (χ0v) is 19.6. The Bertz CT molecular complexity index is 1290. The molecule has 3 heterocycles. The van der Waals surface area contributed by atoms with Crippen LogP contribution in [0.1, 0.15) is 23.3 Å². The van der Waals surface area contributed by atoms with E-state index in [4.69, 9.17) is 9.47 Å². The number of sulfonamides is 1. The molecule has 1 aliphatic heterocycles. The number of aryl methyl sites for hydroxylation is 2. The van der Waals surface area contributed by atoms with Crippen molar-refractivity contribution in [3.8, 4) is 5.88 Å². The van der Waals surface area contributed by atoms with Crippen LogP contribution in [0.5, 0.6) is 5.88 Å². The monoisotopic (exact) mass is 488 g/mol. The summed E-state index contributed by atoms with van der Waals surface area (Å²) in [4.78, 5) is 23.5. The summed E-state index contributed by atoms with van der Waals surface area (Å²) >= 11 is 1.67. The third-order valence-electron chi connectivity index (χ3n) is 5.78. The lowest BCUT2D eigenvalue weighted by atomic mass is 9.97. The van der Waals surface area contributed by atoms with Crippen LogP contribution in [0.2, 0.25) is 0 Å². The number of hydrogen-bond acceptors (Lipinski definition) is 8. The Hall–Kier alpha value is -2.60. The van der Waals surface area contributed by atoms with Crippen molar-refractivity contribution >= 4 is 43.2 Å². The molecule has 1 aliphatic carbocycles. The van der Waals surface area contributed by atoms with Crippen molar-refractivity contribution < 1.29 is 22.7 Å². The van der Waals surface area contributed by atoms with Crippen LogP contribution in [0, 0.1) is 0 Å². The second-order valence-electron chi connectivity index (χ2n) is 7.95. The first-order chi connectivity index (χ1) is 16.0. The molecule has 0 atom stereocenters. The average Bonchev–Trinajstić information content (AvgIpc) is 3.23. The van der Waals surface area contributed by atoms with Gasteiger partial charge < -0.3 is 14.8 Å². The highest BCUT2D eigenvalue weighted by molar-refractivity contribution is 7.89. The minimum atomic E-state index is -3.65. The molecule has 1 amide bonds. The number of carbonyl (C=O) groups excluding carboxylic acids is 1. The molecule has 11 heteroatoms. The fourth-order valence-electron chi connectivity index (χ4n) is 4.17. The van der Waals surface area contributed by atoms with E-state index in [9.17, 15) is 13.2 Å². The molecule has 0 unspecified atom stereocenters. The smallest absolute Gasteiger partial charge is 0.262 e. The van der Waals surface area contributed by atoms with Gasteiger partial charge in [0.25, 0.3) is 5.91 Å². The van der Waals surface area contributed by atoms with E-state index in [-0.39, 0.29) is 11.5 Å². The third-order valence-corrected chi connectivity index (χ3v) is 8.88. The predicted octanol–water partition coefficient (Wildman–Crippen LogP) is 2.61. The van der Waals surface area contributed by atoms with Gasteiger partial charge >= 0.3 is 0 Å². The van der Waals surface area contributed by atoms with Crippen LogP contribution in [-0.4, -0.2) is 61.5 Å². The molecule has 1 saturated heterocycles. The van der Waals surface area contributed by atoms with Crippen LogP contribution in [0.3, 0.4) is 0 Å². The summed E-state index contributed by atoms with van der Waals surface area (Å²) < 4.78 is 38.1. The number of nitrogens with zero attached hydrogens (tertiary/aromatic N) is 3. The number of carbonyl (C=O) groups is 1. The lowest BCUT2D eigenvalue weighted by molar-refractivity contribution is -0.118. The largest absolute Gasteiger partial charge is 0.467 e. The summed E-state index contributed by atoms with van der Waals surface area (Å²) in [5.41, 5.74) is 1.62. The number of amides is 1. The van der Waals surface area contributed by atoms with Gasteiger partial charge in [0.15, 0.2) is 6.61 Å². The van der Waals surface area contributed by atoms with E-state index in [1.165, 1.54) is 39.6 Å². The number of benzene rings is 1. The van der Waals surface area contributed by atoms with Gasteiger partial charge in [-0.3, -0.25) is 4.79 Å². The molecule has 9 nitrogen and oxygen atoms in total. The van der Waals surface area contributed by atoms with Gasteiger partial charge in [0.1, 0.15) is 11.2 Å². The Kier molecular flexibility index (Phi) is 6.28. The van der Waals surface area contributed by atoms with E-state index >= 15 is 0 Å². The number of morpholine rings is 1. The quantitative estimate of drug-likeness (QED) is 0.568. The fourth-order valence-corrected chi connectivity index (χ4v) is 6.85. The molecule has 2 aliphatic rings. The molecule has 0 bridgehead atoms. The summed E-state index contributed by atoms with van der Waals surface area (Å²) in [6, 6.07) is 6.24. The maximum atomic E-state index is 12.9. The second-order valence-corrected chi connectivity index (χ2v) is 11.0. The second kappa shape index (κ2) is 9.34. The van der Waals surface area contributed by atoms with Crippen LogP contribution in [0.4, 0.5) is 5.69 Å². The lowest BCUT2D eigenvalue weighted by Gasteiger charge is -2.26. The molecule has 0 spiro atoms. The molecular formula is C22H24N4O5S2. The molecule has 1 aromatic carbocycles. The summed E-state index contributed by atoms with van der Waals surface area (Å²) in [5.74, 6) is 0.0185. The van der Waals surface area contributed by atoms with Gasteiger partial charge in [-0.1, -0.05) is 6.07 Å². The van der Waals surface area contributed by atoms with Crippen molar-refractivity contribution in [3.63, 3.8) is 0 Å². The zero-order chi connectivity index (χ0) is 22.8. The van der Waals surface area contributed by atoms with Crippen molar-refractivity contribution in [2.24, 2.45) is 0 Å². The summed E-state index contributed by atoms with van der Waals surface area (Å²) in [6.45, 7) is 1.13. The normalized spacial score (nSPS) is 17.0. The lowest BCUT2D eigenvalue weighted by Crippen LogP contribution is -2.40. The third kappa shape index (κ3) is 4.58. The molecule has 3 aromatic rings. The summed E-state index contributed by atoms with van der Waals surface area (Å²) in [6.07, 6.45) is 5.76. The van der Waals surface area contributed by atoms with Crippen molar-refractivity contribution in [2.45, 2.75) is 30.6 Å². The van der Waals surface area contributed by atoms with Crippen LogP contribution < -0.4 is 10.1 Å². The molecule has 1 N–H and O–H groups in total. The zero-order valence-electron chi connectivity index (χ0n) is 18.0. The van der Waals surface area contributed by atoms with E-state index in [0.29, 0.717) is 37.9 Å². The predicted molar refractivity (Wildman–Crippen MR) is 124 cm³/mol. The molecule has 2 aromatic heterocycles. The first-order valence-corrected chi connectivity index (χ1v) is 13.1. The topological polar surface area (TPSA) is 111 Å². The van der Waals surface area contributed by atoms with E-state index in [0.717, 1.165) is 29.5 Å². The Balaban J connectivity index is 1.28. The minimum Gasteiger partial charge on any atom is -0.467 e. The molecule has 33 heavy (non-hydrogen) atoms. The maximum Gasteiger partial charge on any atom is 0.262 e. The maximum absolute atomic E-state index is 12.9. The number of rotatable bonds is 6. The summed E-state index contributed by atoms with van der Waals surface area (Å²) in [7, 11) is -3.65. The van der Waals surface area contributed by atoms with E-state index in [1.807, 2.05) is 0 Å². The highest BCUT2D eigenvalue weighted by Crippen LogP contribution is 2.38. The van der Waals surface area contributed by atoms with Crippen molar-refractivity contribution in [1.29, 1.82) is 0 Å². The Labute approximate surface area is 195 Å². The van der Waals surface area contributed by atoms with E-state index in [2.05, 4.69) is 15.3 Å². The molecule has 174 valence electrons. The molecule has 0 radical (unpaired) electrons. The van der Waals surface area contributed by atoms with Crippen molar-refractivity contribution in [3.05, 3.63) is 41.0 Å². The molecule has 0 saturated carbocycles. The minimum absolute atomic E-state index is 0.130. The van der Waals surface area contributed by atoms with Crippen LogP contribution in [0.25, 0.3) is 10.2 Å². The highest BCUT2D eigenvalue weighted by Gasteiger charge is 2.26. The van der Waals surface area contributed by atoms with Crippen LogP contribution >= 0.6 is 11.3 Å². The van der Waals surface area contributed by atoms with Gasteiger partial charge in [-0.2, -0.15) is 4.31 Å². The number of ether oxygens (including phenoxy) is 2. The Morgan fingerprint density at radius 1 is 1.18 bits per heavy atom.